The molecular weight excluding hydrogens is 242 g/mol. The highest BCUT2D eigenvalue weighted by Gasteiger charge is 2.27. The lowest BCUT2D eigenvalue weighted by atomic mass is 10.0. The molecule has 0 saturated carbocycles. The maximum atomic E-state index is 11.3. The summed E-state index contributed by atoms with van der Waals surface area (Å²) in [5.74, 6) is 2.07. The number of aromatic nitrogens is 1. The molecule has 0 atom stereocenters. The molecule has 0 bridgehead atoms. The average molecular weight is 259 g/mol. The molecule has 96 valence electrons. The van der Waals surface area contributed by atoms with E-state index in [4.69, 9.17) is 9.52 Å². The first-order valence-corrected chi connectivity index (χ1v) is 7.69. The summed E-state index contributed by atoms with van der Waals surface area (Å²) in [5.41, 5.74) is 0. The maximum Gasteiger partial charge on any atom is 0.194 e. The highest BCUT2D eigenvalue weighted by atomic mass is 32.2. The molecule has 0 spiro atoms. The van der Waals surface area contributed by atoms with Crippen LogP contribution in [-0.4, -0.2) is 36.6 Å². The fraction of sp³-hybridized carbons (Fsp3) is 0.727. The van der Waals surface area contributed by atoms with Crippen LogP contribution in [0.5, 0.6) is 0 Å². The van der Waals surface area contributed by atoms with Crippen LogP contribution in [0.1, 0.15) is 36.8 Å². The summed E-state index contributed by atoms with van der Waals surface area (Å²) in [6.45, 7) is 0.124. The van der Waals surface area contributed by atoms with Crippen molar-refractivity contribution in [3.63, 3.8) is 0 Å². The molecule has 2 rings (SSSR count). The average Bonchev–Trinajstić information content (AvgIpc) is 2.75. The number of nitrogens with zero attached hydrogens (tertiary/aromatic N) is 1. The molecule has 0 unspecified atom stereocenters. The van der Waals surface area contributed by atoms with E-state index in [2.05, 4.69) is 4.98 Å². The van der Waals surface area contributed by atoms with Gasteiger partial charge < -0.3 is 9.52 Å². The summed E-state index contributed by atoms with van der Waals surface area (Å²) in [7, 11) is -2.83. The van der Waals surface area contributed by atoms with Gasteiger partial charge in [0, 0.05) is 18.9 Å². The lowest BCUT2D eigenvalue weighted by Crippen LogP contribution is -2.21. The summed E-state index contributed by atoms with van der Waals surface area (Å²) in [6, 6.07) is 0. The maximum absolute atomic E-state index is 11.3. The Labute approximate surface area is 101 Å². The smallest absolute Gasteiger partial charge is 0.194 e. The van der Waals surface area contributed by atoms with Gasteiger partial charge in [-0.15, -0.1) is 0 Å². The Morgan fingerprint density at radius 2 is 2.12 bits per heavy atom. The summed E-state index contributed by atoms with van der Waals surface area (Å²) in [6.07, 6.45) is 4.20. The third-order valence-electron chi connectivity index (χ3n) is 3.08. The Hall–Kier alpha value is -0.880. The van der Waals surface area contributed by atoms with Gasteiger partial charge in [0.1, 0.15) is 15.6 Å². The Balaban J connectivity index is 1.96. The first-order valence-electron chi connectivity index (χ1n) is 5.86. The molecule has 6 heteroatoms. The van der Waals surface area contributed by atoms with Crippen molar-refractivity contribution in [2.45, 2.75) is 31.6 Å². The van der Waals surface area contributed by atoms with Gasteiger partial charge >= 0.3 is 0 Å². The molecule has 17 heavy (non-hydrogen) atoms. The molecule has 0 amide bonds. The van der Waals surface area contributed by atoms with Gasteiger partial charge in [-0.25, -0.2) is 13.4 Å². The number of sulfone groups is 1. The van der Waals surface area contributed by atoms with Gasteiger partial charge in [-0.1, -0.05) is 0 Å². The van der Waals surface area contributed by atoms with Crippen molar-refractivity contribution < 1.29 is 17.9 Å². The van der Waals surface area contributed by atoms with Gasteiger partial charge in [0.25, 0.3) is 0 Å². The van der Waals surface area contributed by atoms with Crippen LogP contribution in [0.25, 0.3) is 0 Å². The van der Waals surface area contributed by atoms with Crippen LogP contribution in [0, 0.1) is 0 Å². The van der Waals surface area contributed by atoms with Gasteiger partial charge in [0.2, 0.25) is 0 Å². The number of rotatable bonds is 4. The minimum Gasteiger partial charge on any atom is -0.445 e. The first-order chi connectivity index (χ1) is 8.11. The third-order valence-corrected chi connectivity index (χ3v) is 4.79. The Kier molecular flexibility index (Phi) is 3.83. The SMILES string of the molecule is O=S1(=O)CCC(c2cnc(CCCO)o2)CC1. The summed E-state index contributed by atoms with van der Waals surface area (Å²) >= 11 is 0. The zero-order valence-corrected chi connectivity index (χ0v) is 10.4. The molecule has 1 N–H and O–H groups in total. The molecule has 1 aromatic heterocycles. The van der Waals surface area contributed by atoms with Crippen LogP contribution in [0.4, 0.5) is 0 Å². The third kappa shape index (κ3) is 3.29. The van der Waals surface area contributed by atoms with Crippen LogP contribution < -0.4 is 0 Å². The molecule has 2 heterocycles. The minimum absolute atomic E-state index is 0.124. The molecule has 0 aliphatic carbocycles. The predicted molar refractivity (Wildman–Crippen MR) is 62.5 cm³/mol. The molecule has 1 aliphatic heterocycles. The van der Waals surface area contributed by atoms with Gasteiger partial charge in [0.05, 0.1) is 17.7 Å². The second-order valence-corrected chi connectivity index (χ2v) is 6.71. The van der Waals surface area contributed by atoms with Crippen LogP contribution >= 0.6 is 0 Å². The predicted octanol–water partition coefficient (Wildman–Crippen LogP) is 0.892. The minimum atomic E-state index is -2.83. The number of hydrogen-bond donors (Lipinski definition) is 1. The van der Waals surface area contributed by atoms with Crippen molar-refractivity contribution in [2.75, 3.05) is 18.1 Å². The highest BCUT2D eigenvalue weighted by Crippen LogP contribution is 2.29. The van der Waals surface area contributed by atoms with E-state index in [1.54, 1.807) is 6.20 Å². The Morgan fingerprint density at radius 1 is 1.41 bits per heavy atom. The van der Waals surface area contributed by atoms with E-state index >= 15 is 0 Å². The van der Waals surface area contributed by atoms with E-state index < -0.39 is 9.84 Å². The molecule has 0 aromatic carbocycles. The molecule has 1 fully saturated rings. The Bertz CT molecular complexity index is 452. The quantitative estimate of drug-likeness (QED) is 0.868. The molecule has 1 aliphatic rings. The second kappa shape index (κ2) is 5.18. The molecule has 5 nitrogen and oxygen atoms in total. The van der Waals surface area contributed by atoms with Crippen molar-refractivity contribution in [1.29, 1.82) is 0 Å². The summed E-state index contributed by atoms with van der Waals surface area (Å²) in [5, 5.41) is 8.70. The number of oxazole rings is 1. The van der Waals surface area contributed by atoms with Crippen molar-refractivity contribution in [3.05, 3.63) is 17.8 Å². The van der Waals surface area contributed by atoms with E-state index in [0.29, 0.717) is 31.6 Å². The molecule has 1 aromatic rings. The van der Waals surface area contributed by atoms with E-state index in [0.717, 1.165) is 5.76 Å². The largest absolute Gasteiger partial charge is 0.445 e. The monoisotopic (exact) mass is 259 g/mol. The van der Waals surface area contributed by atoms with Crippen LogP contribution in [0.2, 0.25) is 0 Å². The van der Waals surface area contributed by atoms with Crippen molar-refractivity contribution in [1.82, 2.24) is 4.98 Å². The number of aryl methyl sites for hydroxylation is 1. The van der Waals surface area contributed by atoms with E-state index in [1.807, 2.05) is 0 Å². The van der Waals surface area contributed by atoms with E-state index in [9.17, 15) is 8.42 Å². The Morgan fingerprint density at radius 3 is 2.76 bits per heavy atom. The van der Waals surface area contributed by atoms with E-state index in [1.165, 1.54) is 0 Å². The van der Waals surface area contributed by atoms with Crippen LogP contribution in [0.3, 0.4) is 0 Å². The van der Waals surface area contributed by atoms with E-state index in [-0.39, 0.29) is 24.0 Å². The first kappa shape index (κ1) is 12.6. The fourth-order valence-electron chi connectivity index (χ4n) is 2.03. The number of aliphatic hydroxyl groups excluding tert-OH is 1. The number of hydrogen-bond acceptors (Lipinski definition) is 5. The highest BCUT2D eigenvalue weighted by molar-refractivity contribution is 7.91. The van der Waals surface area contributed by atoms with Gasteiger partial charge in [-0.3, -0.25) is 0 Å². The van der Waals surface area contributed by atoms with Crippen LogP contribution in [-0.2, 0) is 16.3 Å². The zero-order valence-electron chi connectivity index (χ0n) is 9.63. The molecular formula is C11H17NO4S. The van der Waals surface area contributed by atoms with Gasteiger partial charge in [-0.2, -0.15) is 0 Å². The lowest BCUT2D eigenvalue weighted by molar-refractivity contribution is 0.281. The second-order valence-electron chi connectivity index (χ2n) is 4.41. The lowest BCUT2D eigenvalue weighted by Gasteiger charge is -2.19. The number of aliphatic hydroxyl groups is 1. The van der Waals surface area contributed by atoms with Gasteiger partial charge in [-0.05, 0) is 19.3 Å². The van der Waals surface area contributed by atoms with Gasteiger partial charge in [0.15, 0.2) is 5.89 Å². The van der Waals surface area contributed by atoms with Crippen LogP contribution in [0.15, 0.2) is 10.6 Å². The standard InChI is InChI=1S/C11H17NO4S/c13-5-1-2-11-12-8-10(16-11)9-3-6-17(14,15)7-4-9/h8-9,13H,1-7H2. The van der Waals surface area contributed by atoms with Crippen molar-refractivity contribution >= 4 is 9.84 Å². The zero-order chi connectivity index (χ0) is 12.3. The van der Waals surface area contributed by atoms with Crippen molar-refractivity contribution in [2.24, 2.45) is 0 Å². The topological polar surface area (TPSA) is 80.4 Å². The fourth-order valence-corrected chi connectivity index (χ4v) is 3.52. The summed E-state index contributed by atoms with van der Waals surface area (Å²) < 4.78 is 28.2. The summed E-state index contributed by atoms with van der Waals surface area (Å²) in [4.78, 5) is 4.14. The normalized spacial score (nSPS) is 20.5. The molecule has 1 saturated heterocycles. The van der Waals surface area contributed by atoms with Crippen molar-refractivity contribution in [3.8, 4) is 0 Å². The molecule has 0 radical (unpaired) electrons.